The summed E-state index contributed by atoms with van der Waals surface area (Å²) >= 11 is 0. The van der Waals surface area contributed by atoms with Crippen LogP contribution in [0.4, 0.5) is 9.18 Å². The summed E-state index contributed by atoms with van der Waals surface area (Å²) in [5.74, 6) is -0.273. The third-order valence-corrected chi connectivity index (χ3v) is 3.65. The third kappa shape index (κ3) is 4.69. The number of aromatic nitrogens is 1. The van der Waals surface area contributed by atoms with Crippen LogP contribution in [0.1, 0.15) is 26.3 Å². The van der Waals surface area contributed by atoms with Crippen molar-refractivity contribution in [3.05, 3.63) is 35.8 Å². The Hall–Kier alpha value is -2.08. The van der Waals surface area contributed by atoms with Crippen molar-refractivity contribution in [1.82, 2.24) is 15.2 Å². The van der Waals surface area contributed by atoms with Gasteiger partial charge in [0.05, 0.1) is 12.1 Å². The van der Waals surface area contributed by atoms with E-state index in [1.54, 1.807) is 24.8 Å². The van der Waals surface area contributed by atoms with E-state index in [1.807, 2.05) is 13.1 Å². The second-order valence-electron chi connectivity index (χ2n) is 6.31. The van der Waals surface area contributed by atoms with Crippen LogP contribution in [0.25, 0.3) is 10.9 Å². The Bertz CT molecular complexity index is 676. The van der Waals surface area contributed by atoms with Gasteiger partial charge in [0.1, 0.15) is 5.82 Å². The lowest BCUT2D eigenvalue weighted by molar-refractivity contribution is 0.0480. The summed E-state index contributed by atoms with van der Waals surface area (Å²) in [5, 5.41) is 13.5. The second-order valence-corrected chi connectivity index (χ2v) is 6.31. The van der Waals surface area contributed by atoms with E-state index in [2.05, 4.69) is 10.3 Å². The van der Waals surface area contributed by atoms with Crippen molar-refractivity contribution in [1.29, 1.82) is 0 Å². The number of urea groups is 1. The average molecular weight is 321 g/mol. The Kier molecular flexibility index (Phi) is 5.26. The summed E-state index contributed by atoms with van der Waals surface area (Å²) in [6.45, 7) is 6.45. The first kappa shape index (κ1) is 17.3. The lowest BCUT2D eigenvalue weighted by Gasteiger charge is -2.28. The van der Waals surface area contributed by atoms with Crippen LogP contribution in [0, 0.1) is 5.82 Å². The van der Waals surface area contributed by atoms with Gasteiger partial charge >= 0.3 is 6.03 Å². The van der Waals surface area contributed by atoms with Crippen molar-refractivity contribution in [3.8, 4) is 0 Å². The van der Waals surface area contributed by atoms with Gasteiger partial charge in [-0.25, -0.2) is 9.18 Å². The molecule has 0 unspecified atom stereocenters. The fraction of sp³-hybridized carbons (Fsp3) is 0.471. The number of nitrogens with one attached hydrogen (secondary N) is 2. The zero-order valence-electron chi connectivity index (χ0n) is 13.8. The maximum atomic E-state index is 13.3. The lowest BCUT2D eigenvalue weighted by atomic mass is 10.1. The van der Waals surface area contributed by atoms with Crippen LogP contribution in [-0.4, -0.2) is 46.3 Å². The highest BCUT2D eigenvalue weighted by Crippen LogP contribution is 2.19. The average Bonchev–Trinajstić information content (AvgIpc) is 2.86. The molecule has 0 fully saturated rings. The minimum absolute atomic E-state index is 0.208. The monoisotopic (exact) mass is 321 g/mol. The van der Waals surface area contributed by atoms with E-state index in [0.717, 1.165) is 16.5 Å². The largest absolute Gasteiger partial charge is 0.389 e. The van der Waals surface area contributed by atoms with Crippen LogP contribution < -0.4 is 5.32 Å². The molecule has 6 heteroatoms. The van der Waals surface area contributed by atoms with Crippen molar-refractivity contribution < 1.29 is 14.3 Å². The number of H-pyrrole nitrogens is 1. The molecule has 3 N–H and O–H groups in total. The van der Waals surface area contributed by atoms with E-state index in [-0.39, 0.29) is 18.4 Å². The summed E-state index contributed by atoms with van der Waals surface area (Å²) < 4.78 is 13.3. The fourth-order valence-electron chi connectivity index (χ4n) is 2.57. The van der Waals surface area contributed by atoms with Gasteiger partial charge in [-0.3, -0.25) is 0 Å². The van der Waals surface area contributed by atoms with Crippen molar-refractivity contribution >= 4 is 16.9 Å². The SMILES string of the molecule is CCN(CC(C)(C)O)C(=O)NCCc1c[nH]c2ccc(F)cc12. The predicted molar refractivity (Wildman–Crippen MR) is 88.9 cm³/mol. The number of likely N-dealkylation sites (N-methyl/N-ethyl adjacent to an activating group) is 1. The second kappa shape index (κ2) is 7.00. The minimum atomic E-state index is -0.929. The molecule has 2 aromatic rings. The van der Waals surface area contributed by atoms with Gasteiger partial charge in [0.2, 0.25) is 0 Å². The summed E-state index contributed by atoms with van der Waals surface area (Å²) in [5.41, 5.74) is 0.914. The van der Waals surface area contributed by atoms with Gasteiger partial charge < -0.3 is 20.3 Å². The number of fused-ring (bicyclic) bond motifs is 1. The normalized spacial score (nSPS) is 11.7. The zero-order chi connectivity index (χ0) is 17.0. The Morgan fingerprint density at radius 1 is 1.43 bits per heavy atom. The number of benzene rings is 1. The molecular weight excluding hydrogens is 297 g/mol. The maximum Gasteiger partial charge on any atom is 0.317 e. The van der Waals surface area contributed by atoms with Crippen molar-refractivity contribution in [2.45, 2.75) is 32.8 Å². The Morgan fingerprint density at radius 2 is 2.17 bits per heavy atom. The first-order chi connectivity index (χ1) is 10.8. The Morgan fingerprint density at radius 3 is 2.83 bits per heavy atom. The number of carbonyl (C=O) groups excluding carboxylic acids is 1. The number of halogens is 1. The summed E-state index contributed by atoms with van der Waals surface area (Å²) in [4.78, 5) is 16.8. The summed E-state index contributed by atoms with van der Waals surface area (Å²) in [6.07, 6.45) is 2.44. The van der Waals surface area contributed by atoms with Gasteiger partial charge in [0.25, 0.3) is 0 Å². The molecule has 0 radical (unpaired) electrons. The maximum absolute atomic E-state index is 13.3. The molecular formula is C17H24FN3O2. The van der Waals surface area contributed by atoms with Crippen molar-refractivity contribution in [2.24, 2.45) is 0 Å². The zero-order valence-corrected chi connectivity index (χ0v) is 13.8. The summed E-state index contributed by atoms with van der Waals surface area (Å²) in [6, 6.07) is 4.41. The molecule has 0 spiro atoms. The van der Waals surface area contributed by atoms with Gasteiger partial charge in [-0.1, -0.05) is 0 Å². The van der Waals surface area contributed by atoms with Crippen LogP contribution in [0.2, 0.25) is 0 Å². The van der Waals surface area contributed by atoms with Crippen LogP contribution in [0.3, 0.4) is 0 Å². The van der Waals surface area contributed by atoms with Crippen LogP contribution in [0.15, 0.2) is 24.4 Å². The highest BCUT2D eigenvalue weighted by Gasteiger charge is 2.20. The van der Waals surface area contributed by atoms with Gasteiger partial charge in [0, 0.05) is 30.2 Å². The smallest absolute Gasteiger partial charge is 0.317 e. The molecule has 1 heterocycles. The highest BCUT2D eigenvalue weighted by molar-refractivity contribution is 5.83. The van der Waals surface area contributed by atoms with Crippen LogP contribution in [0.5, 0.6) is 0 Å². The standard InChI is InChI=1S/C17H24FN3O2/c1-4-21(11-17(2,3)23)16(22)19-8-7-12-10-20-15-6-5-13(18)9-14(12)15/h5-6,9-10,20,23H,4,7-8,11H2,1-3H3,(H,19,22). The molecule has 126 valence electrons. The predicted octanol–water partition coefficient (Wildman–Crippen LogP) is 2.65. The first-order valence-electron chi connectivity index (χ1n) is 7.81. The van der Waals surface area contributed by atoms with E-state index < -0.39 is 5.60 Å². The third-order valence-electron chi connectivity index (χ3n) is 3.65. The van der Waals surface area contributed by atoms with E-state index in [0.29, 0.717) is 19.5 Å². The molecule has 0 aliphatic heterocycles. The Labute approximate surface area is 135 Å². The van der Waals surface area contributed by atoms with E-state index in [1.165, 1.54) is 12.1 Å². The van der Waals surface area contributed by atoms with Crippen LogP contribution >= 0.6 is 0 Å². The number of aliphatic hydroxyl groups is 1. The molecule has 5 nitrogen and oxygen atoms in total. The number of hydrogen-bond donors (Lipinski definition) is 3. The van der Waals surface area contributed by atoms with Crippen molar-refractivity contribution in [2.75, 3.05) is 19.6 Å². The van der Waals surface area contributed by atoms with Gasteiger partial charge in [0.15, 0.2) is 0 Å². The molecule has 23 heavy (non-hydrogen) atoms. The molecule has 1 aromatic carbocycles. The number of hydrogen-bond acceptors (Lipinski definition) is 2. The molecule has 2 amide bonds. The molecule has 0 saturated carbocycles. The van der Waals surface area contributed by atoms with Gasteiger partial charge in [-0.2, -0.15) is 0 Å². The number of rotatable bonds is 6. The van der Waals surface area contributed by atoms with E-state index in [9.17, 15) is 14.3 Å². The number of nitrogens with zero attached hydrogens (tertiary/aromatic N) is 1. The lowest BCUT2D eigenvalue weighted by Crippen LogP contribution is -2.47. The molecule has 0 aliphatic carbocycles. The van der Waals surface area contributed by atoms with Gasteiger partial charge in [-0.15, -0.1) is 0 Å². The molecule has 1 aromatic heterocycles. The quantitative estimate of drug-likeness (QED) is 0.765. The number of carbonyl (C=O) groups is 1. The van der Waals surface area contributed by atoms with Crippen molar-refractivity contribution in [3.63, 3.8) is 0 Å². The topological polar surface area (TPSA) is 68.4 Å². The molecule has 0 atom stereocenters. The highest BCUT2D eigenvalue weighted by atomic mass is 19.1. The molecule has 0 saturated heterocycles. The number of amides is 2. The van der Waals surface area contributed by atoms with E-state index >= 15 is 0 Å². The fourth-order valence-corrected chi connectivity index (χ4v) is 2.57. The molecule has 0 aliphatic rings. The minimum Gasteiger partial charge on any atom is -0.389 e. The van der Waals surface area contributed by atoms with Crippen LogP contribution in [-0.2, 0) is 6.42 Å². The molecule has 0 bridgehead atoms. The summed E-state index contributed by atoms with van der Waals surface area (Å²) in [7, 11) is 0. The van der Waals surface area contributed by atoms with Gasteiger partial charge in [-0.05, 0) is 51.0 Å². The number of aromatic amines is 1. The molecule has 2 rings (SSSR count). The Balaban J connectivity index is 1.93. The first-order valence-corrected chi connectivity index (χ1v) is 7.81. The van der Waals surface area contributed by atoms with E-state index in [4.69, 9.17) is 0 Å².